The number of carbonyl (C=O) groups excluding carboxylic acids is 1. The lowest BCUT2D eigenvalue weighted by molar-refractivity contribution is 0.0996. The van der Waals surface area contributed by atoms with E-state index in [2.05, 4.69) is 0 Å². The second-order valence-corrected chi connectivity index (χ2v) is 2.68. The molecule has 1 aromatic carbocycles. The summed E-state index contributed by atoms with van der Waals surface area (Å²) in [4.78, 5) is 11.0. The summed E-state index contributed by atoms with van der Waals surface area (Å²) in [5.74, 6) is -0.523. The zero-order valence-electron chi connectivity index (χ0n) is 7.41. The zero-order valence-corrected chi connectivity index (χ0v) is 7.41. The van der Waals surface area contributed by atoms with Crippen LogP contribution in [0.5, 0.6) is 0 Å². The molecule has 70 valence electrons. The van der Waals surface area contributed by atoms with Crippen LogP contribution in [-0.4, -0.2) is 13.0 Å². The molecule has 0 spiro atoms. The van der Waals surface area contributed by atoms with Crippen molar-refractivity contribution in [3.63, 3.8) is 0 Å². The first-order chi connectivity index (χ1) is 6.16. The van der Waals surface area contributed by atoms with Crippen LogP contribution in [-0.2, 0) is 11.3 Å². The highest BCUT2D eigenvalue weighted by Crippen LogP contribution is 2.16. The van der Waals surface area contributed by atoms with Gasteiger partial charge in [-0.3, -0.25) is 4.79 Å². The molecule has 0 bridgehead atoms. The molecule has 1 rings (SSSR count). The van der Waals surface area contributed by atoms with Gasteiger partial charge in [0.1, 0.15) is 0 Å². The van der Waals surface area contributed by atoms with Crippen molar-refractivity contribution < 1.29 is 9.53 Å². The van der Waals surface area contributed by atoms with Gasteiger partial charge in [0.15, 0.2) is 0 Å². The molecule has 0 atom stereocenters. The number of benzene rings is 1. The fourth-order valence-electron chi connectivity index (χ4n) is 1.20. The summed E-state index contributed by atoms with van der Waals surface area (Å²) in [6.07, 6.45) is 0. The first-order valence-electron chi connectivity index (χ1n) is 3.83. The number of nitrogens with two attached hydrogens (primary N) is 2. The number of primary amides is 1. The van der Waals surface area contributed by atoms with E-state index in [1.54, 1.807) is 25.3 Å². The van der Waals surface area contributed by atoms with E-state index in [0.717, 1.165) is 5.56 Å². The molecule has 0 saturated heterocycles. The third-order valence-corrected chi connectivity index (χ3v) is 1.73. The van der Waals surface area contributed by atoms with Gasteiger partial charge >= 0.3 is 0 Å². The zero-order chi connectivity index (χ0) is 9.84. The summed E-state index contributed by atoms with van der Waals surface area (Å²) in [6.45, 7) is 0.337. The van der Waals surface area contributed by atoms with Gasteiger partial charge in [-0.05, 0) is 11.6 Å². The molecule has 0 fully saturated rings. The molecule has 0 heterocycles. The van der Waals surface area contributed by atoms with Crippen molar-refractivity contribution in [2.45, 2.75) is 6.61 Å². The Bertz CT molecular complexity index is 323. The highest BCUT2D eigenvalue weighted by atomic mass is 16.5. The van der Waals surface area contributed by atoms with Gasteiger partial charge < -0.3 is 16.2 Å². The summed E-state index contributed by atoms with van der Waals surface area (Å²) < 4.78 is 4.91. The molecule has 4 heteroatoms. The van der Waals surface area contributed by atoms with Crippen LogP contribution in [0.2, 0.25) is 0 Å². The number of hydrogen-bond donors (Lipinski definition) is 2. The van der Waals surface area contributed by atoms with E-state index in [4.69, 9.17) is 16.2 Å². The standard InChI is InChI=1S/C9H12N2O2/c1-13-5-6-3-2-4-7(10)8(6)9(11)12/h2-4H,5,10H2,1H3,(H2,11,12). The van der Waals surface area contributed by atoms with E-state index in [1.807, 2.05) is 0 Å². The number of methoxy groups -OCH3 is 1. The van der Waals surface area contributed by atoms with E-state index in [-0.39, 0.29) is 0 Å². The number of carbonyl (C=O) groups is 1. The van der Waals surface area contributed by atoms with Crippen molar-refractivity contribution in [1.82, 2.24) is 0 Å². The summed E-state index contributed by atoms with van der Waals surface area (Å²) in [5.41, 5.74) is 12.2. The smallest absolute Gasteiger partial charge is 0.251 e. The van der Waals surface area contributed by atoms with E-state index >= 15 is 0 Å². The normalized spacial score (nSPS) is 9.92. The second kappa shape index (κ2) is 3.91. The summed E-state index contributed by atoms with van der Waals surface area (Å²) in [6, 6.07) is 5.16. The first kappa shape index (κ1) is 9.54. The summed E-state index contributed by atoms with van der Waals surface area (Å²) in [7, 11) is 1.55. The minimum atomic E-state index is -0.523. The van der Waals surface area contributed by atoms with Crippen molar-refractivity contribution in [3.05, 3.63) is 29.3 Å². The molecule has 0 aliphatic carbocycles. The predicted molar refractivity (Wildman–Crippen MR) is 50.1 cm³/mol. The molecule has 0 radical (unpaired) electrons. The average Bonchev–Trinajstić information content (AvgIpc) is 2.04. The highest BCUT2D eigenvalue weighted by Gasteiger charge is 2.10. The van der Waals surface area contributed by atoms with Gasteiger partial charge in [0, 0.05) is 12.8 Å². The molecule has 1 aromatic rings. The molecule has 4 N–H and O–H groups in total. The van der Waals surface area contributed by atoms with E-state index in [1.165, 1.54) is 0 Å². The Morgan fingerprint density at radius 2 is 2.23 bits per heavy atom. The van der Waals surface area contributed by atoms with Crippen LogP contribution in [0.3, 0.4) is 0 Å². The maximum absolute atomic E-state index is 11.0. The highest BCUT2D eigenvalue weighted by molar-refractivity contribution is 5.99. The van der Waals surface area contributed by atoms with Gasteiger partial charge in [-0.1, -0.05) is 12.1 Å². The Morgan fingerprint density at radius 3 is 2.77 bits per heavy atom. The van der Waals surface area contributed by atoms with Gasteiger partial charge in [-0.2, -0.15) is 0 Å². The molecule has 0 unspecified atom stereocenters. The largest absolute Gasteiger partial charge is 0.398 e. The number of amides is 1. The SMILES string of the molecule is COCc1cccc(N)c1C(N)=O. The average molecular weight is 180 g/mol. The number of nitrogen functional groups attached to an aromatic ring is 1. The van der Waals surface area contributed by atoms with E-state index < -0.39 is 5.91 Å². The minimum Gasteiger partial charge on any atom is -0.398 e. The fraction of sp³-hybridized carbons (Fsp3) is 0.222. The molecule has 0 saturated carbocycles. The van der Waals surface area contributed by atoms with Crippen LogP contribution >= 0.6 is 0 Å². The third-order valence-electron chi connectivity index (χ3n) is 1.73. The van der Waals surface area contributed by atoms with Gasteiger partial charge in [-0.25, -0.2) is 0 Å². The molecule has 0 aliphatic heterocycles. The van der Waals surface area contributed by atoms with Gasteiger partial charge in [0.25, 0.3) is 5.91 Å². The van der Waals surface area contributed by atoms with Crippen molar-refractivity contribution >= 4 is 11.6 Å². The number of hydrogen-bond acceptors (Lipinski definition) is 3. The molecule has 4 nitrogen and oxygen atoms in total. The van der Waals surface area contributed by atoms with E-state index in [9.17, 15) is 4.79 Å². The van der Waals surface area contributed by atoms with Crippen LogP contribution in [0, 0.1) is 0 Å². The van der Waals surface area contributed by atoms with Crippen molar-refractivity contribution in [3.8, 4) is 0 Å². The predicted octanol–water partition coefficient (Wildman–Crippen LogP) is 0.514. The van der Waals surface area contributed by atoms with Crippen molar-refractivity contribution in [2.24, 2.45) is 5.73 Å². The Hall–Kier alpha value is -1.55. The first-order valence-corrected chi connectivity index (χ1v) is 3.83. The molecule has 13 heavy (non-hydrogen) atoms. The number of rotatable bonds is 3. The molecule has 1 amide bonds. The lowest BCUT2D eigenvalue weighted by atomic mass is 10.1. The Kier molecular flexibility index (Phi) is 2.87. The lowest BCUT2D eigenvalue weighted by Gasteiger charge is -2.07. The molecular formula is C9H12N2O2. The summed E-state index contributed by atoms with van der Waals surface area (Å²) in [5, 5.41) is 0. The monoisotopic (exact) mass is 180 g/mol. The van der Waals surface area contributed by atoms with Gasteiger partial charge in [0.05, 0.1) is 12.2 Å². The molecule has 0 aliphatic rings. The lowest BCUT2D eigenvalue weighted by Crippen LogP contribution is -2.16. The Labute approximate surface area is 76.5 Å². The fourth-order valence-corrected chi connectivity index (χ4v) is 1.20. The minimum absolute atomic E-state index is 0.337. The number of ether oxygens (including phenoxy) is 1. The van der Waals surface area contributed by atoms with Crippen LogP contribution in [0.25, 0.3) is 0 Å². The van der Waals surface area contributed by atoms with Crippen LogP contribution in [0.4, 0.5) is 5.69 Å². The third kappa shape index (κ3) is 1.97. The van der Waals surface area contributed by atoms with E-state index in [0.29, 0.717) is 17.9 Å². The Morgan fingerprint density at radius 1 is 1.54 bits per heavy atom. The van der Waals surface area contributed by atoms with Crippen LogP contribution in [0.15, 0.2) is 18.2 Å². The maximum Gasteiger partial charge on any atom is 0.251 e. The molecular weight excluding hydrogens is 168 g/mol. The summed E-state index contributed by atoms with van der Waals surface area (Å²) >= 11 is 0. The van der Waals surface area contributed by atoms with Gasteiger partial charge in [0.2, 0.25) is 0 Å². The van der Waals surface area contributed by atoms with Crippen molar-refractivity contribution in [1.29, 1.82) is 0 Å². The maximum atomic E-state index is 11.0. The topological polar surface area (TPSA) is 78.3 Å². The quantitative estimate of drug-likeness (QED) is 0.665. The Balaban J connectivity index is 3.17. The van der Waals surface area contributed by atoms with Gasteiger partial charge in [-0.15, -0.1) is 0 Å². The second-order valence-electron chi connectivity index (χ2n) is 2.68. The molecule has 0 aromatic heterocycles. The van der Waals surface area contributed by atoms with Crippen LogP contribution in [0.1, 0.15) is 15.9 Å². The number of anilines is 1. The van der Waals surface area contributed by atoms with Crippen molar-refractivity contribution in [2.75, 3.05) is 12.8 Å². The van der Waals surface area contributed by atoms with Crippen LogP contribution < -0.4 is 11.5 Å².